The monoisotopic (exact) mass is 574 g/mol. The van der Waals surface area contributed by atoms with Crippen LogP contribution in [0, 0.1) is 0 Å². The Kier molecular flexibility index (Phi) is 5.24. The molecule has 0 aliphatic rings. The number of thiophene rings is 1. The summed E-state index contributed by atoms with van der Waals surface area (Å²) in [5.74, 6) is 0. The fraction of sp³-hybridized carbons (Fsp3) is 0. The number of hydrogen-bond acceptors (Lipinski definition) is 5. The van der Waals surface area contributed by atoms with Crippen LogP contribution < -0.4 is 4.90 Å². The number of thiazole rings is 1. The van der Waals surface area contributed by atoms with Crippen LogP contribution in [0.3, 0.4) is 0 Å². The Morgan fingerprint density at radius 3 is 2.19 bits per heavy atom. The lowest BCUT2D eigenvalue weighted by Crippen LogP contribution is -2.09. The highest BCUT2D eigenvalue weighted by Crippen LogP contribution is 2.46. The molecule has 198 valence electrons. The molecule has 0 radical (unpaired) electrons. The molecule has 0 spiro atoms. The summed E-state index contributed by atoms with van der Waals surface area (Å²) in [6, 6.07) is 47.1. The van der Waals surface area contributed by atoms with Gasteiger partial charge in [-0.3, -0.25) is 0 Å². The summed E-state index contributed by atoms with van der Waals surface area (Å²) < 4.78 is 10.1. The molecular formula is C37H22N2OS2. The van der Waals surface area contributed by atoms with Crippen LogP contribution in [-0.4, -0.2) is 4.98 Å². The standard InChI is InChI=1S/C37H22N2OS2/c1-3-10-23(11-4-1)37-38-35-33(42-37)21-20-31-34(35)28-22-25(18-19-30(28)40-31)39(24-12-5-2-6-13-24)29-16-9-15-27-26-14-7-8-17-32(26)41-36(27)29/h1-22H. The average Bonchev–Trinajstić information content (AvgIpc) is 3.75. The van der Waals surface area contributed by atoms with Crippen molar-refractivity contribution in [3.63, 3.8) is 0 Å². The molecular weight excluding hydrogens is 553 g/mol. The molecule has 42 heavy (non-hydrogen) atoms. The van der Waals surface area contributed by atoms with E-state index in [-0.39, 0.29) is 0 Å². The molecule has 9 rings (SSSR count). The van der Waals surface area contributed by atoms with Gasteiger partial charge in [0.25, 0.3) is 0 Å². The summed E-state index contributed by atoms with van der Waals surface area (Å²) in [6.45, 7) is 0. The Bertz CT molecular complexity index is 2420. The minimum absolute atomic E-state index is 0.859. The van der Waals surface area contributed by atoms with Crippen molar-refractivity contribution in [3.05, 3.63) is 133 Å². The maximum atomic E-state index is 6.38. The molecule has 0 amide bonds. The SMILES string of the molecule is c1ccc(-c2nc3c(ccc4oc5ccc(N(c6ccccc6)c6cccc7c6sc6ccccc67)cc5c43)s2)cc1. The van der Waals surface area contributed by atoms with Crippen molar-refractivity contribution in [2.45, 2.75) is 0 Å². The smallest absolute Gasteiger partial charge is 0.137 e. The van der Waals surface area contributed by atoms with E-state index in [0.29, 0.717) is 0 Å². The van der Waals surface area contributed by atoms with E-state index in [0.717, 1.165) is 59.8 Å². The lowest BCUT2D eigenvalue weighted by Gasteiger charge is -2.26. The van der Waals surface area contributed by atoms with Gasteiger partial charge in [0.1, 0.15) is 16.2 Å². The second kappa shape index (κ2) is 9.28. The van der Waals surface area contributed by atoms with Gasteiger partial charge in [0.15, 0.2) is 0 Å². The number of benzene rings is 6. The van der Waals surface area contributed by atoms with Crippen molar-refractivity contribution in [1.82, 2.24) is 4.98 Å². The number of rotatable bonds is 4. The van der Waals surface area contributed by atoms with Crippen LogP contribution in [0.2, 0.25) is 0 Å². The summed E-state index contributed by atoms with van der Waals surface area (Å²) in [5.41, 5.74) is 7.20. The second-order valence-electron chi connectivity index (χ2n) is 10.4. The van der Waals surface area contributed by atoms with Gasteiger partial charge in [-0.25, -0.2) is 4.98 Å². The van der Waals surface area contributed by atoms with Gasteiger partial charge in [0.05, 0.1) is 26.0 Å². The molecule has 0 N–H and O–H groups in total. The topological polar surface area (TPSA) is 29.3 Å². The fourth-order valence-corrected chi connectivity index (χ4v) is 8.18. The molecule has 0 saturated carbocycles. The van der Waals surface area contributed by atoms with Gasteiger partial charge in [-0.1, -0.05) is 78.9 Å². The first kappa shape index (κ1) is 23.7. The normalized spacial score (nSPS) is 11.8. The Morgan fingerprint density at radius 1 is 0.548 bits per heavy atom. The van der Waals surface area contributed by atoms with Crippen LogP contribution in [0.4, 0.5) is 17.1 Å². The molecule has 0 unspecified atom stereocenters. The van der Waals surface area contributed by atoms with Gasteiger partial charge in [-0.05, 0) is 54.6 Å². The molecule has 9 aromatic rings. The van der Waals surface area contributed by atoms with E-state index in [1.165, 1.54) is 20.2 Å². The maximum Gasteiger partial charge on any atom is 0.137 e. The third kappa shape index (κ3) is 3.61. The Balaban J connectivity index is 1.30. The highest BCUT2D eigenvalue weighted by Gasteiger charge is 2.20. The molecule has 0 aliphatic carbocycles. The molecule has 3 heterocycles. The Morgan fingerprint density at radius 2 is 1.31 bits per heavy atom. The average molecular weight is 575 g/mol. The summed E-state index contributed by atoms with van der Waals surface area (Å²) in [4.78, 5) is 7.50. The number of anilines is 3. The van der Waals surface area contributed by atoms with Gasteiger partial charge < -0.3 is 9.32 Å². The molecule has 0 saturated heterocycles. The predicted octanol–water partition coefficient (Wildman–Crippen LogP) is 11.7. The zero-order valence-electron chi connectivity index (χ0n) is 22.3. The van der Waals surface area contributed by atoms with Crippen LogP contribution in [0.5, 0.6) is 0 Å². The number of fused-ring (bicyclic) bond motifs is 8. The summed E-state index contributed by atoms with van der Waals surface area (Å²) in [6.07, 6.45) is 0. The number of furan rings is 1. The van der Waals surface area contributed by atoms with E-state index in [2.05, 4.69) is 132 Å². The van der Waals surface area contributed by atoms with Crippen LogP contribution in [0.1, 0.15) is 0 Å². The van der Waals surface area contributed by atoms with Crippen molar-refractivity contribution in [2.24, 2.45) is 0 Å². The van der Waals surface area contributed by atoms with Gasteiger partial charge in [0, 0.05) is 37.8 Å². The van der Waals surface area contributed by atoms with Crippen LogP contribution in [0.25, 0.3) is 62.9 Å². The van der Waals surface area contributed by atoms with Gasteiger partial charge in [0.2, 0.25) is 0 Å². The van der Waals surface area contributed by atoms with E-state index in [1.54, 1.807) is 11.3 Å². The number of hydrogen-bond donors (Lipinski definition) is 0. The first-order valence-electron chi connectivity index (χ1n) is 13.9. The lowest BCUT2D eigenvalue weighted by molar-refractivity contribution is 0.669. The van der Waals surface area contributed by atoms with E-state index in [9.17, 15) is 0 Å². The number of nitrogens with zero attached hydrogens (tertiary/aromatic N) is 2. The molecule has 6 aromatic carbocycles. The summed E-state index contributed by atoms with van der Waals surface area (Å²) in [5, 5.41) is 5.73. The highest BCUT2D eigenvalue weighted by atomic mass is 32.1. The largest absolute Gasteiger partial charge is 0.456 e. The van der Waals surface area contributed by atoms with Gasteiger partial charge in [-0.2, -0.15) is 0 Å². The Hall–Kier alpha value is -4.97. The predicted molar refractivity (Wildman–Crippen MR) is 180 cm³/mol. The van der Waals surface area contributed by atoms with Crippen LogP contribution >= 0.6 is 22.7 Å². The zero-order valence-corrected chi connectivity index (χ0v) is 24.0. The molecule has 0 aliphatic heterocycles. The molecule has 0 fully saturated rings. The van der Waals surface area contributed by atoms with Crippen molar-refractivity contribution in [3.8, 4) is 10.6 Å². The van der Waals surface area contributed by atoms with Crippen LogP contribution in [0.15, 0.2) is 138 Å². The van der Waals surface area contributed by atoms with Gasteiger partial charge >= 0.3 is 0 Å². The van der Waals surface area contributed by atoms with Crippen molar-refractivity contribution in [2.75, 3.05) is 4.90 Å². The third-order valence-corrected chi connectivity index (χ3v) is 10.2. The highest BCUT2D eigenvalue weighted by molar-refractivity contribution is 7.26. The maximum absolute atomic E-state index is 6.38. The molecule has 0 atom stereocenters. The zero-order chi connectivity index (χ0) is 27.6. The molecule has 0 bridgehead atoms. The number of para-hydroxylation sites is 1. The first-order valence-corrected chi connectivity index (χ1v) is 15.5. The second-order valence-corrected chi connectivity index (χ2v) is 12.5. The van der Waals surface area contributed by atoms with Crippen molar-refractivity contribution < 1.29 is 4.42 Å². The molecule has 3 nitrogen and oxygen atoms in total. The van der Waals surface area contributed by atoms with Crippen LogP contribution in [-0.2, 0) is 0 Å². The summed E-state index contributed by atoms with van der Waals surface area (Å²) >= 11 is 3.57. The summed E-state index contributed by atoms with van der Waals surface area (Å²) in [7, 11) is 0. The fourth-order valence-electron chi connectivity index (χ4n) is 6.00. The van der Waals surface area contributed by atoms with E-state index >= 15 is 0 Å². The third-order valence-electron chi connectivity index (χ3n) is 7.89. The first-order chi connectivity index (χ1) is 20.8. The minimum Gasteiger partial charge on any atom is -0.456 e. The van der Waals surface area contributed by atoms with Gasteiger partial charge in [-0.15, -0.1) is 22.7 Å². The minimum atomic E-state index is 0.859. The van der Waals surface area contributed by atoms with E-state index in [4.69, 9.17) is 9.40 Å². The molecule has 3 aromatic heterocycles. The lowest BCUT2D eigenvalue weighted by atomic mass is 10.1. The Labute approximate surface area is 249 Å². The van der Waals surface area contributed by atoms with Crippen molar-refractivity contribution >= 4 is 92.1 Å². The number of aromatic nitrogens is 1. The van der Waals surface area contributed by atoms with Crippen molar-refractivity contribution in [1.29, 1.82) is 0 Å². The molecule has 5 heteroatoms. The quantitative estimate of drug-likeness (QED) is 0.209. The van der Waals surface area contributed by atoms with E-state index in [1.807, 2.05) is 17.4 Å². The van der Waals surface area contributed by atoms with E-state index < -0.39 is 0 Å².